The summed E-state index contributed by atoms with van der Waals surface area (Å²) in [5.74, 6) is -1.66. The van der Waals surface area contributed by atoms with Crippen LogP contribution in [0.1, 0.15) is 24.1 Å². The third-order valence-electron chi connectivity index (χ3n) is 3.80. The zero-order chi connectivity index (χ0) is 13.8. The quantitative estimate of drug-likeness (QED) is 0.900. The van der Waals surface area contributed by atoms with Crippen LogP contribution in [0.25, 0.3) is 0 Å². The number of carboxylic acids is 1. The summed E-state index contributed by atoms with van der Waals surface area (Å²) in [5.41, 5.74) is 0. The van der Waals surface area contributed by atoms with Crippen molar-refractivity contribution in [2.24, 2.45) is 11.8 Å². The van der Waals surface area contributed by atoms with Crippen LogP contribution in [0.15, 0.2) is 17.5 Å². The summed E-state index contributed by atoms with van der Waals surface area (Å²) in [6.45, 7) is 0.655. The van der Waals surface area contributed by atoms with Gasteiger partial charge in [-0.1, -0.05) is 12.5 Å². The summed E-state index contributed by atoms with van der Waals surface area (Å²) >= 11 is 1.68. The summed E-state index contributed by atoms with van der Waals surface area (Å²) in [5, 5.41) is 11.1. The van der Waals surface area contributed by atoms with Gasteiger partial charge in [0.1, 0.15) is 0 Å². The van der Waals surface area contributed by atoms with E-state index < -0.39 is 11.9 Å². The monoisotopic (exact) mass is 281 g/mol. The highest BCUT2D eigenvalue weighted by Gasteiger charge is 2.38. The zero-order valence-corrected chi connectivity index (χ0v) is 11.9. The van der Waals surface area contributed by atoms with E-state index in [2.05, 4.69) is 6.07 Å². The molecule has 0 spiro atoms. The highest BCUT2D eigenvalue weighted by atomic mass is 32.1. The average Bonchev–Trinajstić information content (AvgIpc) is 3.05. The van der Waals surface area contributed by atoms with E-state index in [1.807, 2.05) is 11.4 Å². The molecule has 1 saturated carbocycles. The zero-order valence-electron chi connectivity index (χ0n) is 11.0. The Bertz CT molecular complexity index is 444. The van der Waals surface area contributed by atoms with Crippen molar-refractivity contribution in [1.29, 1.82) is 0 Å². The Hall–Kier alpha value is -1.36. The maximum Gasteiger partial charge on any atom is 0.307 e. The Kier molecular flexibility index (Phi) is 4.58. The maximum atomic E-state index is 12.3. The van der Waals surface area contributed by atoms with Crippen LogP contribution in [0.5, 0.6) is 0 Å². The lowest BCUT2D eigenvalue weighted by molar-refractivity contribution is -0.148. The van der Waals surface area contributed by atoms with Crippen molar-refractivity contribution in [3.8, 4) is 0 Å². The summed E-state index contributed by atoms with van der Waals surface area (Å²) in [7, 11) is 1.77. The SMILES string of the molecule is CN(CCc1cccs1)C(=O)[C@@H]1CCC[C@@H]1C(=O)O. The van der Waals surface area contributed by atoms with E-state index in [4.69, 9.17) is 5.11 Å². The number of aliphatic carboxylic acids is 1. The Morgan fingerprint density at radius 3 is 2.79 bits per heavy atom. The first-order chi connectivity index (χ1) is 9.09. The predicted molar refractivity (Wildman–Crippen MR) is 74.1 cm³/mol. The van der Waals surface area contributed by atoms with Gasteiger partial charge in [-0.15, -0.1) is 11.3 Å². The Morgan fingerprint density at radius 2 is 2.16 bits per heavy atom. The third kappa shape index (κ3) is 3.35. The largest absolute Gasteiger partial charge is 0.481 e. The van der Waals surface area contributed by atoms with Crippen LogP contribution in [0.3, 0.4) is 0 Å². The molecule has 1 aliphatic rings. The second-order valence-corrected chi connectivity index (χ2v) is 6.10. The van der Waals surface area contributed by atoms with E-state index in [0.29, 0.717) is 19.4 Å². The molecule has 19 heavy (non-hydrogen) atoms. The second-order valence-electron chi connectivity index (χ2n) is 5.07. The maximum absolute atomic E-state index is 12.3. The number of amides is 1. The second kappa shape index (κ2) is 6.19. The molecule has 2 atom stereocenters. The van der Waals surface area contributed by atoms with Crippen molar-refractivity contribution in [2.75, 3.05) is 13.6 Å². The molecule has 0 radical (unpaired) electrons. The van der Waals surface area contributed by atoms with Crippen LogP contribution in [-0.2, 0) is 16.0 Å². The number of hydrogen-bond acceptors (Lipinski definition) is 3. The molecule has 1 amide bonds. The van der Waals surface area contributed by atoms with Gasteiger partial charge < -0.3 is 10.0 Å². The number of nitrogens with zero attached hydrogens (tertiary/aromatic N) is 1. The van der Waals surface area contributed by atoms with Gasteiger partial charge in [0.15, 0.2) is 0 Å². The number of hydrogen-bond donors (Lipinski definition) is 1. The smallest absolute Gasteiger partial charge is 0.307 e. The molecule has 0 aliphatic heterocycles. The fourth-order valence-corrected chi connectivity index (χ4v) is 3.38. The highest BCUT2D eigenvalue weighted by Crippen LogP contribution is 2.33. The molecule has 0 bridgehead atoms. The molecule has 2 rings (SSSR count). The molecule has 1 N–H and O–H groups in total. The minimum Gasteiger partial charge on any atom is -0.481 e. The number of carbonyl (C=O) groups is 2. The van der Waals surface area contributed by atoms with Crippen molar-refractivity contribution in [1.82, 2.24) is 4.90 Å². The van der Waals surface area contributed by atoms with Crippen molar-refractivity contribution in [3.05, 3.63) is 22.4 Å². The van der Waals surface area contributed by atoms with Crippen LogP contribution in [0, 0.1) is 11.8 Å². The Labute approximate surface area is 117 Å². The van der Waals surface area contributed by atoms with E-state index in [1.54, 1.807) is 23.3 Å². The topological polar surface area (TPSA) is 57.6 Å². The number of carbonyl (C=O) groups excluding carboxylic acids is 1. The summed E-state index contributed by atoms with van der Waals surface area (Å²) in [4.78, 5) is 26.3. The standard InChI is InChI=1S/C14H19NO3S/c1-15(8-7-10-4-3-9-19-10)13(16)11-5-2-6-12(11)14(17)18/h3-4,9,11-12H,2,5-8H2,1H3,(H,17,18)/t11-,12+/m1/s1. The molecule has 0 aromatic carbocycles. The van der Waals surface area contributed by atoms with Gasteiger partial charge in [0, 0.05) is 18.5 Å². The van der Waals surface area contributed by atoms with Gasteiger partial charge in [-0.25, -0.2) is 0 Å². The molecule has 1 aliphatic carbocycles. The lowest BCUT2D eigenvalue weighted by Crippen LogP contribution is -2.37. The molecule has 1 fully saturated rings. The Balaban J connectivity index is 1.89. The summed E-state index contributed by atoms with van der Waals surface area (Å²) in [6.07, 6.45) is 3.01. The number of rotatable bonds is 5. The van der Waals surface area contributed by atoms with Crippen LogP contribution >= 0.6 is 11.3 Å². The molecule has 1 heterocycles. The van der Waals surface area contributed by atoms with Gasteiger partial charge >= 0.3 is 5.97 Å². The minimum atomic E-state index is -0.831. The molecule has 0 saturated heterocycles. The van der Waals surface area contributed by atoms with Crippen molar-refractivity contribution < 1.29 is 14.7 Å². The molecular weight excluding hydrogens is 262 g/mol. The normalized spacial score (nSPS) is 22.4. The third-order valence-corrected chi connectivity index (χ3v) is 4.74. The summed E-state index contributed by atoms with van der Waals surface area (Å²) in [6, 6.07) is 4.05. The van der Waals surface area contributed by atoms with E-state index in [-0.39, 0.29) is 11.8 Å². The van der Waals surface area contributed by atoms with Gasteiger partial charge in [0.25, 0.3) is 0 Å². The van der Waals surface area contributed by atoms with Crippen LogP contribution < -0.4 is 0 Å². The van der Waals surface area contributed by atoms with Crippen LogP contribution in [0.2, 0.25) is 0 Å². The minimum absolute atomic E-state index is 0.0125. The fourth-order valence-electron chi connectivity index (χ4n) is 2.68. The molecule has 1 aromatic heterocycles. The highest BCUT2D eigenvalue weighted by molar-refractivity contribution is 7.09. The van der Waals surface area contributed by atoms with Crippen molar-refractivity contribution in [2.45, 2.75) is 25.7 Å². The number of likely N-dealkylation sites (N-methyl/N-ethyl adjacent to an activating group) is 1. The fraction of sp³-hybridized carbons (Fsp3) is 0.571. The number of carboxylic acid groups (broad SMARTS) is 1. The van der Waals surface area contributed by atoms with Gasteiger partial charge in [0.2, 0.25) is 5.91 Å². The van der Waals surface area contributed by atoms with E-state index >= 15 is 0 Å². The first kappa shape index (κ1) is 14.1. The molecule has 1 aromatic rings. The Morgan fingerprint density at radius 1 is 1.42 bits per heavy atom. The van der Waals surface area contributed by atoms with Crippen molar-refractivity contribution >= 4 is 23.2 Å². The molecule has 5 heteroatoms. The first-order valence-electron chi connectivity index (χ1n) is 6.59. The van der Waals surface area contributed by atoms with Gasteiger partial charge in [-0.3, -0.25) is 9.59 Å². The molecular formula is C14H19NO3S. The van der Waals surface area contributed by atoms with Gasteiger partial charge in [-0.05, 0) is 30.7 Å². The predicted octanol–water partition coefficient (Wildman–Crippen LogP) is 2.25. The first-order valence-corrected chi connectivity index (χ1v) is 7.47. The lowest BCUT2D eigenvalue weighted by atomic mass is 9.95. The lowest BCUT2D eigenvalue weighted by Gasteiger charge is -2.23. The van der Waals surface area contributed by atoms with Crippen LogP contribution in [0.4, 0.5) is 0 Å². The van der Waals surface area contributed by atoms with Crippen LogP contribution in [-0.4, -0.2) is 35.5 Å². The van der Waals surface area contributed by atoms with E-state index in [9.17, 15) is 9.59 Å². The van der Waals surface area contributed by atoms with Gasteiger partial charge in [-0.2, -0.15) is 0 Å². The summed E-state index contributed by atoms with van der Waals surface area (Å²) < 4.78 is 0. The van der Waals surface area contributed by atoms with E-state index in [0.717, 1.165) is 12.8 Å². The molecule has 4 nitrogen and oxygen atoms in total. The average molecular weight is 281 g/mol. The molecule has 104 valence electrons. The van der Waals surface area contributed by atoms with Crippen molar-refractivity contribution in [3.63, 3.8) is 0 Å². The molecule has 0 unspecified atom stereocenters. The van der Waals surface area contributed by atoms with Gasteiger partial charge in [0.05, 0.1) is 11.8 Å². The van der Waals surface area contributed by atoms with E-state index in [1.165, 1.54) is 4.88 Å². The number of thiophene rings is 1.